The molecule has 3 aromatic rings. The maximum absolute atomic E-state index is 13.4. The largest absolute Gasteiger partial charge is 0.454 e. The summed E-state index contributed by atoms with van der Waals surface area (Å²) in [7, 11) is 0. The van der Waals surface area contributed by atoms with Crippen LogP contribution in [-0.4, -0.2) is 23.6 Å². The number of fused-ring (bicyclic) bond motifs is 2. The van der Waals surface area contributed by atoms with E-state index in [9.17, 15) is 14.7 Å². The van der Waals surface area contributed by atoms with Gasteiger partial charge in [0.1, 0.15) is 0 Å². The van der Waals surface area contributed by atoms with E-state index in [2.05, 4.69) is 0 Å². The first-order valence-electron chi connectivity index (χ1n) is 10.8. The second kappa shape index (κ2) is 8.63. The normalized spacial score (nSPS) is 18.6. The predicted octanol–water partition coefficient (Wildman–Crippen LogP) is 4.78. The fraction of sp³-hybridized carbons (Fsp3) is 0.185. The second-order valence-corrected chi connectivity index (χ2v) is 8.92. The number of carbonyl (C=O) groups is 2. The van der Waals surface area contributed by atoms with E-state index in [-0.39, 0.29) is 13.3 Å². The van der Waals surface area contributed by atoms with Crippen molar-refractivity contribution in [1.29, 1.82) is 0 Å². The number of allylic oxidation sites excluding steroid dienone is 1. The van der Waals surface area contributed by atoms with Gasteiger partial charge in [-0.05, 0) is 54.5 Å². The lowest BCUT2D eigenvalue weighted by Crippen LogP contribution is -2.41. The number of benzene rings is 3. The smallest absolute Gasteiger partial charge is 0.264 e. The SMILES string of the molecule is Cc1ccc(CN2C(=O)[C@](O)(CC(=O)/C=C/c3ccc4c(c3)OCO4)c3cc(Cl)ccc32)cc1. The number of ketones is 1. The number of rotatable bonds is 6. The van der Waals surface area contributed by atoms with Crippen molar-refractivity contribution in [2.24, 2.45) is 0 Å². The quantitative estimate of drug-likeness (QED) is 0.519. The summed E-state index contributed by atoms with van der Waals surface area (Å²) in [6, 6.07) is 18.1. The van der Waals surface area contributed by atoms with Crippen LogP contribution in [0.25, 0.3) is 6.08 Å². The minimum atomic E-state index is -2.00. The summed E-state index contributed by atoms with van der Waals surface area (Å²) in [5, 5.41) is 11.9. The van der Waals surface area contributed by atoms with Crippen LogP contribution in [-0.2, 0) is 21.7 Å². The fourth-order valence-corrected chi connectivity index (χ4v) is 4.42. The molecule has 0 spiro atoms. The van der Waals surface area contributed by atoms with Crippen LogP contribution in [0.2, 0.25) is 5.02 Å². The number of hydrogen-bond donors (Lipinski definition) is 1. The Morgan fingerprint density at radius 3 is 2.65 bits per heavy atom. The first kappa shape index (κ1) is 22.2. The molecule has 2 aliphatic rings. The Morgan fingerprint density at radius 1 is 1.09 bits per heavy atom. The van der Waals surface area contributed by atoms with E-state index in [0.29, 0.717) is 27.8 Å². The molecule has 0 radical (unpaired) electrons. The molecule has 7 heteroatoms. The lowest BCUT2D eigenvalue weighted by Gasteiger charge is -2.22. The molecule has 0 aromatic heterocycles. The van der Waals surface area contributed by atoms with Crippen LogP contribution >= 0.6 is 11.6 Å². The molecule has 172 valence electrons. The third-order valence-electron chi connectivity index (χ3n) is 6.04. The molecule has 1 amide bonds. The Bertz CT molecular complexity index is 1320. The number of aliphatic hydroxyl groups is 1. The van der Waals surface area contributed by atoms with Gasteiger partial charge in [0.25, 0.3) is 5.91 Å². The molecular weight excluding hydrogens is 454 g/mol. The topological polar surface area (TPSA) is 76.1 Å². The van der Waals surface area contributed by atoms with Gasteiger partial charge in [0.15, 0.2) is 22.9 Å². The first-order chi connectivity index (χ1) is 16.3. The minimum absolute atomic E-state index is 0.164. The van der Waals surface area contributed by atoms with Crippen molar-refractivity contribution in [2.75, 3.05) is 11.7 Å². The van der Waals surface area contributed by atoms with Gasteiger partial charge in [-0.15, -0.1) is 0 Å². The number of amides is 1. The standard InChI is InChI=1S/C27H22ClNO5/c1-17-2-4-19(5-3-17)15-29-23-10-8-20(28)13-22(23)27(32,26(29)31)14-21(30)9-6-18-7-11-24-25(12-18)34-16-33-24/h2-13,32H,14-16H2,1H3/b9-6+/t27-/m0/s1. The van der Waals surface area contributed by atoms with Crippen molar-refractivity contribution in [1.82, 2.24) is 0 Å². The highest BCUT2D eigenvalue weighted by Crippen LogP contribution is 2.44. The fourth-order valence-electron chi connectivity index (χ4n) is 4.24. The second-order valence-electron chi connectivity index (χ2n) is 8.49. The molecular formula is C27H22ClNO5. The van der Waals surface area contributed by atoms with Crippen LogP contribution in [0.15, 0.2) is 66.7 Å². The summed E-state index contributed by atoms with van der Waals surface area (Å²) in [5.41, 5.74) is 1.65. The van der Waals surface area contributed by atoms with Crippen LogP contribution in [0.4, 0.5) is 5.69 Å². The first-order valence-corrected chi connectivity index (χ1v) is 11.2. The lowest BCUT2D eigenvalue weighted by molar-refractivity contribution is -0.140. The third-order valence-corrected chi connectivity index (χ3v) is 6.28. The van der Waals surface area contributed by atoms with E-state index in [4.69, 9.17) is 21.1 Å². The van der Waals surface area contributed by atoms with E-state index < -0.39 is 23.7 Å². The number of nitrogens with zero attached hydrogens (tertiary/aromatic N) is 1. The minimum Gasteiger partial charge on any atom is -0.454 e. The van der Waals surface area contributed by atoms with E-state index in [1.807, 2.05) is 31.2 Å². The molecule has 2 heterocycles. The Labute approximate surface area is 202 Å². The van der Waals surface area contributed by atoms with Crippen LogP contribution in [0.1, 0.15) is 28.7 Å². The summed E-state index contributed by atoms with van der Waals surface area (Å²) in [5.74, 6) is 0.317. The van der Waals surface area contributed by atoms with Gasteiger partial charge in [0.05, 0.1) is 18.7 Å². The number of halogens is 1. The van der Waals surface area contributed by atoms with E-state index >= 15 is 0 Å². The molecule has 5 rings (SSSR count). The molecule has 0 saturated carbocycles. The van der Waals surface area contributed by atoms with Gasteiger partial charge in [-0.25, -0.2) is 0 Å². The Kier molecular flexibility index (Phi) is 5.63. The Balaban J connectivity index is 1.40. The van der Waals surface area contributed by atoms with Crippen molar-refractivity contribution >= 4 is 35.1 Å². The number of hydrogen-bond acceptors (Lipinski definition) is 5. The highest BCUT2D eigenvalue weighted by molar-refractivity contribution is 6.31. The molecule has 1 atom stereocenters. The summed E-state index contributed by atoms with van der Waals surface area (Å²) in [6.45, 7) is 2.43. The molecule has 34 heavy (non-hydrogen) atoms. The van der Waals surface area contributed by atoms with E-state index in [1.165, 1.54) is 11.0 Å². The molecule has 0 saturated heterocycles. The van der Waals surface area contributed by atoms with Crippen molar-refractivity contribution in [3.63, 3.8) is 0 Å². The summed E-state index contributed by atoms with van der Waals surface area (Å²) < 4.78 is 10.7. The predicted molar refractivity (Wildman–Crippen MR) is 129 cm³/mol. The Hall–Kier alpha value is -3.61. The third kappa shape index (κ3) is 4.06. The van der Waals surface area contributed by atoms with Gasteiger partial charge >= 0.3 is 0 Å². The van der Waals surface area contributed by atoms with Crippen molar-refractivity contribution in [3.8, 4) is 11.5 Å². The van der Waals surface area contributed by atoms with Crippen molar-refractivity contribution in [3.05, 3.63) is 94.0 Å². The molecule has 6 nitrogen and oxygen atoms in total. The van der Waals surface area contributed by atoms with Crippen molar-refractivity contribution in [2.45, 2.75) is 25.5 Å². The molecule has 0 aliphatic carbocycles. The Morgan fingerprint density at radius 2 is 1.85 bits per heavy atom. The molecule has 0 fully saturated rings. The molecule has 1 N–H and O–H groups in total. The summed E-state index contributed by atoms with van der Waals surface area (Å²) in [6.07, 6.45) is 2.58. The number of anilines is 1. The van der Waals surface area contributed by atoms with Crippen LogP contribution in [0.5, 0.6) is 11.5 Å². The van der Waals surface area contributed by atoms with Gasteiger partial charge in [-0.1, -0.05) is 53.6 Å². The van der Waals surface area contributed by atoms with E-state index in [0.717, 1.165) is 16.7 Å². The average Bonchev–Trinajstić information content (AvgIpc) is 3.36. The maximum Gasteiger partial charge on any atom is 0.264 e. The van der Waals surface area contributed by atoms with Crippen molar-refractivity contribution < 1.29 is 24.2 Å². The average molecular weight is 476 g/mol. The lowest BCUT2D eigenvalue weighted by atomic mass is 9.89. The molecule has 3 aromatic carbocycles. The highest BCUT2D eigenvalue weighted by Gasteiger charge is 2.50. The van der Waals surface area contributed by atoms with Gasteiger partial charge in [-0.3, -0.25) is 9.59 Å². The van der Waals surface area contributed by atoms with Crippen LogP contribution in [0, 0.1) is 6.92 Å². The van der Waals surface area contributed by atoms with Gasteiger partial charge in [-0.2, -0.15) is 0 Å². The number of carbonyl (C=O) groups excluding carboxylic acids is 2. The highest BCUT2D eigenvalue weighted by atomic mass is 35.5. The van der Waals surface area contributed by atoms with E-state index in [1.54, 1.807) is 42.5 Å². The molecule has 0 bridgehead atoms. The zero-order valence-corrected chi connectivity index (χ0v) is 19.2. The zero-order valence-electron chi connectivity index (χ0n) is 18.5. The zero-order chi connectivity index (χ0) is 23.9. The molecule has 2 aliphatic heterocycles. The van der Waals surface area contributed by atoms with Gasteiger partial charge in [0.2, 0.25) is 6.79 Å². The summed E-state index contributed by atoms with van der Waals surface area (Å²) >= 11 is 6.19. The van der Waals surface area contributed by atoms with Gasteiger partial charge < -0.3 is 19.5 Å². The maximum atomic E-state index is 13.4. The molecule has 0 unspecified atom stereocenters. The van der Waals surface area contributed by atoms with Crippen LogP contribution < -0.4 is 14.4 Å². The summed E-state index contributed by atoms with van der Waals surface area (Å²) in [4.78, 5) is 27.8. The van der Waals surface area contributed by atoms with Gasteiger partial charge in [0, 0.05) is 10.6 Å². The number of ether oxygens (including phenoxy) is 2. The number of aryl methyl sites for hydroxylation is 1. The van der Waals surface area contributed by atoms with Crippen LogP contribution in [0.3, 0.4) is 0 Å². The monoisotopic (exact) mass is 475 g/mol.